The van der Waals surface area contributed by atoms with Crippen LogP contribution in [-0.4, -0.2) is 32.0 Å². The Labute approximate surface area is 147 Å². The summed E-state index contributed by atoms with van der Waals surface area (Å²) in [5, 5.41) is 0.834. The second-order valence-electron chi connectivity index (χ2n) is 5.08. The molecule has 1 aromatic carbocycles. The lowest BCUT2D eigenvalue weighted by atomic mass is 10.1. The molecule has 8 heteroatoms. The number of phosphoric acid groups is 1. The summed E-state index contributed by atoms with van der Waals surface area (Å²) in [4.78, 5) is 0. The average Bonchev–Trinajstić information content (AvgIpc) is 2.98. The van der Waals surface area contributed by atoms with E-state index in [-0.39, 0.29) is 19.0 Å². The first-order valence-corrected chi connectivity index (χ1v) is 9.38. The Hall–Kier alpha value is -1.79. The van der Waals surface area contributed by atoms with Gasteiger partial charge in [-0.1, -0.05) is 6.58 Å². The molecule has 0 saturated carbocycles. The van der Waals surface area contributed by atoms with E-state index in [9.17, 15) is 4.57 Å². The van der Waals surface area contributed by atoms with Crippen LogP contribution in [0.25, 0.3) is 16.7 Å². The van der Waals surface area contributed by atoms with Crippen LogP contribution in [0.2, 0.25) is 0 Å². The number of ether oxygens (including phenoxy) is 2. The highest BCUT2D eigenvalue weighted by atomic mass is 31.2. The SMILES string of the molecule is C=C(OP(=O)(OCC)OCC)c1ccc(OC)c2c1ccn2COC. The minimum absolute atomic E-state index is 0.201. The van der Waals surface area contributed by atoms with E-state index in [0.717, 1.165) is 10.9 Å². The summed E-state index contributed by atoms with van der Waals surface area (Å²) >= 11 is 0. The fraction of sp³-hybridized carbons (Fsp3) is 0.412. The molecule has 0 amide bonds. The third-order valence-corrected chi connectivity index (χ3v) is 5.07. The van der Waals surface area contributed by atoms with E-state index >= 15 is 0 Å². The number of methoxy groups -OCH3 is 2. The molecule has 2 rings (SSSR count). The van der Waals surface area contributed by atoms with Gasteiger partial charge in [0.2, 0.25) is 0 Å². The first kappa shape index (κ1) is 19.5. The van der Waals surface area contributed by atoms with Crippen molar-refractivity contribution in [2.75, 3.05) is 27.4 Å². The van der Waals surface area contributed by atoms with E-state index in [2.05, 4.69) is 6.58 Å². The molecular formula is C17H24NO6P. The molecule has 1 aromatic heterocycles. The van der Waals surface area contributed by atoms with Gasteiger partial charge in [0.1, 0.15) is 18.2 Å². The molecular weight excluding hydrogens is 345 g/mol. The normalized spacial score (nSPS) is 11.7. The highest BCUT2D eigenvalue weighted by Crippen LogP contribution is 2.53. The fourth-order valence-corrected chi connectivity index (χ4v) is 3.72. The van der Waals surface area contributed by atoms with Crippen LogP contribution in [0.15, 0.2) is 31.0 Å². The van der Waals surface area contributed by atoms with E-state index in [4.69, 9.17) is 23.0 Å². The van der Waals surface area contributed by atoms with Crippen molar-refractivity contribution in [3.05, 3.63) is 36.5 Å². The third kappa shape index (κ3) is 4.25. The predicted molar refractivity (Wildman–Crippen MR) is 96.5 cm³/mol. The lowest BCUT2D eigenvalue weighted by molar-refractivity contribution is 0.134. The molecule has 0 unspecified atom stereocenters. The number of hydrogen-bond donors (Lipinski definition) is 0. The van der Waals surface area contributed by atoms with Crippen molar-refractivity contribution in [2.24, 2.45) is 0 Å². The maximum atomic E-state index is 12.6. The summed E-state index contributed by atoms with van der Waals surface area (Å²) in [6, 6.07) is 5.49. The van der Waals surface area contributed by atoms with Gasteiger partial charge in [-0.3, -0.25) is 9.05 Å². The second-order valence-corrected chi connectivity index (χ2v) is 6.67. The van der Waals surface area contributed by atoms with Crippen molar-refractivity contribution >= 4 is 24.5 Å². The Balaban J connectivity index is 2.43. The van der Waals surface area contributed by atoms with Gasteiger partial charge in [-0.2, -0.15) is 0 Å². The summed E-state index contributed by atoms with van der Waals surface area (Å²) in [7, 11) is -0.491. The predicted octanol–water partition coefficient (Wildman–Crippen LogP) is 4.42. The summed E-state index contributed by atoms with van der Waals surface area (Å²) < 4.78 is 40.9. The third-order valence-electron chi connectivity index (χ3n) is 3.47. The highest BCUT2D eigenvalue weighted by Gasteiger charge is 2.29. The van der Waals surface area contributed by atoms with Crippen molar-refractivity contribution < 1.29 is 27.6 Å². The quantitative estimate of drug-likeness (QED) is 0.456. The number of hydrogen-bond acceptors (Lipinski definition) is 6. The molecule has 2 aromatic rings. The van der Waals surface area contributed by atoms with E-state index in [1.165, 1.54) is 0 Å². The lowest BCUT2D eigenvalue weighted by Gasteiger charge is -2.19. The van der Waals surface area contributed by atoms with E-state index in [1.54, 1.807) is 40.2 Å². The van der Waals surface area contributed by atoms with Crippen molar-refractivity contribution in [3.63, 3.8) is 0 Å². The minimum Gasteiger partial charge on any atom is -0.495 e. The van der Waals surface area contributed by atoms with Crippen LogP contribution in [0.1, 0.15) is 19.4 Å². The van der Waals surface area contributed by atoms with Gasteiger partial charge in [-0.15, -0.1) is 0 Å². The van der Waals surface area contributed by atoms with Crippen LogP contribution in [0.3, 0.4) is 0 Å². The fourth-order valence-electron chi connectivity index (χ4n) is 2.54. The van der Waals surface area contributed by atoms with Crippen LogP contribution >= 0.6 is 7.82 Å². The van der Waals surface area contributed by atoms with Crippen molar-refractivity contribution in [1.82, 2.24) is 4.57 Å². The number of rotatable bonds is 10. The van der Waals surface area contributed by atoms with E-state index in [1.807, 2.05) is 16.8 Å². The molecule has 0 saturated heterocycles. The van der Waals surface area contributed by atoms with Gasteiger partial charge >= 0.3 is 7.82 Å². The summed E-state index contributed by atoms with van der Waals surface area (Å²) in [6.45, 7) is 8.10. The summed E-state index contributed by atoms with van der Waals surface area (Å²) in [6.07, 6.45) is 1.87. The van der Waals surface area contributed by atoms with Gasteiger partial charge in [0.25, 0.3) is 0 Å². The van der Waals surface area contributed by atoms with E-state index in [0.29, 0.717) is 18.0 Å². The lowest BCUT2D eigenvalue weighted by Crippen LogP contribution is -2.01. The van der Waals surface area contributed by atoms with Crippen LogP contribution in [-0.2, 0) is 29.6 Å². The summed E-state index contributed by atoms with van der Waals surface area (Å²) in [5.74, 6) is 0.888. The topological polar surface area (TPSA) is 68.2 Å². The average molecular weight is 369 g/mol. The minimum atomic E-state index is -3.71. The number of nitrogens with zero attached hydrogens (tertiary/aromatic N) is 1. The molecule has 0 spiro atoms. The van der Waals surface area contributed by atoms with Gasteiger partial charge in [0.05, 0.1) is 25.8 Å². The van der Waals surface area contributed by atoms with Gasteiger partial charge in [-0.25, -0.2) is 4.57 Å². The van der Waals surface area contributed by atoms with Crippen LogP contribution in [0, 0.1) is 0 Å². The van der Waals surface area contributed by atoms with Crippen molar-refractivity contribution in [3.8, 4) is 5.75 Å². The molecule has 25 heavy (non-hydrogen) atoms. The first-order chi connectivity index (χ1) is 12.0. The number of phosphoric ester groups is 1. The smallest absolute Gasteiger partial charge is 0.495 e. The maximum absolute atomic E-state index is 12.6. The molecule has 0 radical (unpaired) electrons. The van der Waals surface area contributed by atoms with Crippen LogP contribution < -0.4 is 4.74 Å². The molecule has 138 valence electrons. The van der Waals surface area contributed by atoms with Crippen molar-refractivity contribution in [2.45, 2.75) is 20.6 Å². The zero-order valence-electron chi connectivity index (χ0n) is 15.0. The monoisotopic (exact) mass is 369 g/mol. The standard InChI is InChI=1S/C17H24NO6P/c1-6-22-25(19,23-7-2)24-13(3)14-8-9-16(21-5)17-15(14)10-11-18(17)12-20-4/h8-11H,3,6-7,12H2,1-2,4-5H3. The van der Waals surface area contributed by atoms with E-state index < -0.39 is 7.82 Å². The van der Waals surface area contributed by atoms with Crippen LogP contribution in [0.5, 0.6) is 5.75 Å². The number of fused-ring (bicyclic) bond motifs is 1. The number of aromatic nitrogens is 1. The zero-order valence-corrected chi connectivity index (χ0v) is 15.9. The molecule has 0 N–H and O–H groups in total. The molecule has 0 atom stereocenters. The van der Waals surface area contributed by atoms with Crippen LogP contribution in [0.4, 0.5) is 0 Å². The maximum Gasteiger partial charge on any atom is 0.530 e. The number of benzene rings is 1. The summed E-state index contributed by atoms with van der Waals surface area (Å²) in [5.41, 5.74) is 1.50. The van der Waals surface area contributed by atoms with Crippen molar-refractivity contribution in [1.29, 1.82) is 0 Å². The van der Waals surface area contributed by atoms with Gasteiger partial charge in [0, 0.05) is 24.3 Å². The Bertz CT molecular complexity index is 775. The molecule has 0 aliphatic rings. The molecule has 0 fully saturated rings. The zero-order chi connectivity index (χ0) is 18.4. The molecule has 0 aliphatic carbocycles. The Morgan fingerprint density at radius 2 is 1.84 bits per heavy atom. The Morgan fingerprint density at radius 3 is 2.40 bits per heavy atom. The van der Waals surface area contributed by atoms with Gasteiger partial charge < -0.3 is 18.6 Å². The molecule has 1 heterocycles. The second kappa shape index (κ2) is 8.54. The largest absolute Gasteiger partial charge is 0.530 e. The van der Waals surface area contributed by atoms with Gasteiger partial charge in [-0.05, 0) is 32.0 Å². The molecule has 0 bridgehead atoms. The Kier molecular flexibility index (Phi) is 6.67. The highest BCUT2D eigenvalue weighted by molar-refractivity contribution is 7.48. The van der Waals surface area contributed by atoms with Gasteiger partial charge in [0.15, 0.2) is 0 Å². The Morgan fingerprint density at radius 1 is 1.16 bits per heavy atom. The first-order valence-electron chi connectivity index (χ1n) is 7.92. The molecule has 0 aliphatic heterocycles. The molecule has 7 nitrogen and oxygen atoms in total.